The fourth-order valence-electron chi connectivity index (χ4n) is 1.43. The molecule has 25 heavy (non-hydrogen) atoms. The van der Waals surface area contributed by atoms with Crippen LogP contribution in [-0.2, 0) is 33.3 Å². The van der Waals surface area contributed by atoms with Crippen LogP contribution in [0, 0.1) is 0 Å². The summed E-state index contributed by atoms with van der Waals surface area (Å²) in [4.78, 5) is 34.4. The molecule has 8 heteroatoms. The highest BCUT2D eigenvalue weighted by Crippen LogP contribution is 2.10. The van der Waals surface area contributed by atoms with Crippen LogP contribution in [0.5, 0.6) is 0 Å². The van der Waals surface area contributed by atoms with Crippen molar-refractivity contribution in [2.24, 2.45) is 0 Å². The maximum absolute atomic E-state index is 11.6. The molecular weight excluding hydrogens is 348 g/mol. The van der Waals surface area contributed by atoms with Gasteiger partial charge in [-0.25, -0.2) is 0 Å². The van der Waals surface area contributed by atoms with E-state index in [9.17, 15) is 14.4 Å². The fraction of sp³-hybridized carbons (Fsp3) is 0.588. The van der Waals surface area contributed by atoms with E-state index in [0.29, 0.717) is 32.2 Å². The molecule has 0 N–H and O–H groups in total. The standard InChI is InChI=1S/C17H26O7S/c1-3-8-21-10-12-23-15(18)5-6-17(20)25-14-7-16(19)24-13-11-22-9-4-2/h3-4H,1-2,5-14H2. The van der Waals surface area contributed by atoms with Gasteiger partial charge in [0.05, 0.1) is 39.3 Å². The first-order chi connectivity index (χ1) is 12.1. The molecule has 0 spiro atoms. The number of thioether (sulfide) groups is 1. The van der Waals surface area contributed by atoms with Crippen LogP contribution in [0.4, 0.5) is 0 Å². The predicted octanol–water partition coefficient (Wildman–Crippen LogP) is 1.91. The molecule has 0 unspecified atom stereocenters. The molecular formula is C17H26O7S. The summed E-state index contributed by atoms with van der Waals surface area (Å²) in [7, 11) is 0. The molecule has 0 atom stereocenters. The number of esters is 2. The Morgan fingerprint density at radius 1 is 0.760 bits per heavy atom. The van der Waals surface area contributed by atoms with Crippen LogP contribution in [0.25, 0.3) is 0 Å². The normalized spacial score (nSPS) is 10.1. The van der Waals surface area contributed by atoms with E-state index >= 15 is 0 Å². The Hall–Kier alpha value is -1.64. The lowest BCUT2D eigenvalue weighted by Crippen LogP contribution is -2.12. The van der Waals surface area contributed by atoms with Crippen molar-refractivity contribution in [2.75, 3.05) is 45.4 Å². The maximum atomic E-state index is 11.6. The molecule has 0 aliphatic carbocycles. The quantitative estimate of drug-likeness (QED) is 0.230. The van der Waals surface area contributed by atoms with Crippen LogP contribution in [0.1, 0.15) is 19.3 Å². The average Bonchev–Trinajstić information content (AvgIpc) is 2.59. The second-order valence-electron chi connectivity index (χ2n) is 4.64. The zero-order chi connectivity index (χ0) is 18.8. The van der Waals surface area contributed by atoms with Crippen molar-refractivity contribution in [1.29, 1.82) is 0 Å². The highest BCUT2D eigenvalue weighted by molar-refractivity contribution is 8.13. The zero-order valence-electron chi connectivity index (χ0n) is 14.4. The van der Waals surface area contributed by atoms with Crippen molar-refractivity contribution >= 4 is 28.8 Å². The second kappa shape index (κ2) is 17.2. The molecule has 0 aliphatic heterocycles. The van der Waals surface area contributed by atoms with Crippen LogP contribution in [0.3, 0.4) is 0 Å². The van der Waals surface area contributed by atoms with Crippen LogP contribution < -0.4 is 0 Å². The van der Waals surface area contributed by atoms with Crippen molar-refractivity contribution < 1.29 is 33.3 Å². The Morgan fingerprint density at radius 3 is 1.80 bits per heavy atom. The van der Waals surface area contributed by atoms with E-state index in [4.69, 9.17) is 18.9 Å². The Kier molecular flexibility index (Phi) is 16.1. The molecule has 0 aromatic carbocycles. The minimum absolute atomic E-state index is 0.0123. The molecule has 0 saturated carbocycles. The number of hydrogen-bond donors (Lipinski definition) is 0. The third kappa shape index (κ3) is 17.0. The van der Waals surface area contributed by atoms with E-state index < -0.39 is 5.97 Å². The Bertz CT molecular complexity index is 423. The van der Waals surface area contributed by atoms with E-state index in [-0.39, 0.29) is 43.6 Å². The first-order valence-corrected chi connectivity index (χ1v) is 8.92. The van der Waals surface area contributed by atoms with Crippen LogP contribution in [0.2, 0.25) is 0 Å². The predicted molar refractivity (Wildman–Crippen MR) is 95.3 cm³/mol. The monoisotopic (exact) mass is 374 g/mol. The lowest BCUT2D eigenvalue weighted by molar-refractivity contribution is -0.146. The molecule has 7 nitrogen and oxygen atoms in total. The zero-order valence-corrected chi connectivity index (χ0v) is 15.2. The van der Waals surface area contributed by atoms with Gasteiger partial charge in [-0.2, -0.15) is 0 Å². The van der Waals surface area contributed by atoms with Gasteiger partial charge < -0.3 is 18.9 Å². The number of rotatable bonds is 16. The molecule has 142 valence electrons. The van der Waals surface area contributed by atoms with Gasteiger partial charge in [-0.1, -0.05) is 23.9 Å². The average molecular weight is 374 g/mol. The Morgan fingerprint density at radius 2 is 1.28 bits per heavy atom. The van der Waals surface area contributed by atoms with Gasteiger partial charge in [0.15, 0.2) is 5.12 Å². The lowest BCUT2D eigenvalue weighted by atomic mass is 10.3. The van der Waals surface area contributed by atoms with Crippen molar-refractivity contribution in [3.05, 3.63) is 25.3 Å². The summed E-state index contributed by atoms with van der Waals surface area (Å²) in [5, 5.41) is -0.165. The topological polar surface area (TPSA) is 88.1 Å². The summed E-state index contributed by atoms with van der Waals surface area (Å²) in [6.45, 7) is 8.72. The van der Waals surface area contributed by atoms with Crippen molar-refractivity contribution in [3.63, 3.8) is 0 Å². The Balaban J connectivity index is 3.53. The summed E-state index contributed by atoms with van der Waals surface area (Å²) < 4.78 is 20.0. The molecule has 0 rings (SSSR count). The number of ether oxygens (including phenoxy) is 4. The molecule has 0 amide bonds. The van der Waals surface area contributed by atoms with Crippen molar-refractivity contribution in [2.45, 2.75) is 19.3 Å². The smallest absolute Gasteiger partial charge is 0.306 e. The maximum Gasteiger partial charge on any atom is 0.306 e. The molecule has 0 aromatic rings. The van der Waals surface area contributed by atoms with E-state index in [2.05, 4.69) is 13.2 Å². The van der Waals surface area contributed by atoms with E-state index in [0.717, 1.165) is 11.8 Å². The van der Waals surface area contributed by atoms with Gasteiger partial charge in [0.25, 0.3) is 0 Å². The van der Waals surface area contributed by atoms with Gasteiger partial charge in [-0.3, -0.25) is 14.4 Å². The molecule has 0 fully saturated rings. The van der Waals surface area contributed by atoms with Crippen LogP contribution >= 0.6 is 11.8 Å². The van der Waals surface area contributed by atoms with Gasteiger partial charge in [-0.15, -0.1) is 13.2 Å². The molecule has 0 bridgehead atoms. The van der Waals surface area contributed by atoms with Gasteiger partial charge >= 0.3 is 11.9 Å². The van der Waals surface area contributed by atoms with Gasteiger partial charge in [0, 0.05) is 12.2 Å². The number of carbonyl (C=O) groups excluding carboxylic acids is 3. The first-order valence-electron chi connectivity index (χ1n) is 7.94. The van der Waals surface area contributed by atoms with E-state index in [1.165, 1.54) is 0 Å². The van der Waals surface area contributed by atoms with Crippen LogP contribution in [-0.4, -0.2) is 62.4 Å². The molecule has 0 heterocycles. The molecule has 0 saturated heterocycles. The first kappa shape index (κ1) is 23.4. The minimum atomic E-state index is -0.449. The van der Waals surface area contributed by atoms with Gasteiger partial charge in [0.1, 0.15) is 13.2 Å². The van der Waals surface area contributed by atoms with Crippen molar-refractivity contribution in [1.82, 2.24) is 0 Å². The summed E-state index contributed by atoms with van der Waals surface area (Å²) in [6, 6.07) is 0. The summed E-state index contributed by atoms with van der Waals surface area (Å²) in [5.41, 5.74) is 0. The summed E-state index contributed by atoms with van der Waals surface area (Å²) in [5.74, 6) is -0.521. The second-order valence-corrected chi connectivity index (χ2v) is 5.79. The molecule has 0 radical (unpaired) electrons. The Labute approximate surface area is 152 Å². The largest absolute Gasteiger partial charge is 0.463 e. The van der Waals surface area contributed by atoms with Crippen molar-refractivity contribution in [3.8, 4) is 0 Å². The SMILES string of the molecule is C=CCOCCOC(=O)CCSC(=O)CCC(=O)OCCOCC=C. The van der Waals surface area contributed by atoms with E-state index in [1.807, 2.05) is 0 Å². The minimum Gasteiger partial charge on any atom is -0.463 e. The highest BCUT2D eigenvalue weighted by Gasteiger charge is 2.10. The lowest BCUT2D eigenvalue weighted by Gasteiger charge is -2.05. The highest BCUT2D eigenvalue weighted by atomic mass is 32.2. The molecule has 0 aromatic heterocycles. The number of carbonyl (C=O) groups is 3. The third-order valence-electron chi connectivity index (χ3n) is 2.56. The fourth-order valence-corrected chi connectivity index (χ4v) is 2.17. The molecule has 0 aliphatic rings. The third-order valence-corrected chi connectivity index (χ3v) is 3.49. The summed E-state index contributed by atoms with van der Waals surface area (Å²) >= 11 is 1.00. The van der Waals surface area contributed by atoms with Crippen LogP contribution in [0.15, 0.2) is 25.3 Å². The van der Waals surface area contributed by atoms with Gasteiger partial charge in [0.2, 0.25) is 0 Å². The van der Waals surface area contributed by atoms with E-state index in [1.54, 1.807) is 12.2 Å². The summed E-state index contributed by atoms with van der Waals surface area (Å²) in [6.07, 6.45) is 3.42. The number of hydrogen-bond acceptors (Lipinski definition) is 8. The van der Waals surface area contributed by atoms with Gasteiger partial charge in [-0.05, 0) is 0 Å².